The number of carbonyl (C=O) groups is 9. The first kappa shape index (κ1) is 62.5. The third-order valence-corrected chi connectivity index (χ3v) is 19.1. The highest BCUT2D eigenvalue weighted by Crippen LogP contribution is 2.46. The largest absolute Gasteiger partial charge is 0.508 e. The average Bonchev–Trinajstić information content (AvgIpc) is 1.59. The lowest BCUT2D eigenvalue weighted by molar-refractivity contribution is -0.200. The summed E-state index contributed by atoms with van der Waals surface area (Å²) in [6, 6.07) is 35.4. The van der Waals surface area contributed by atoms with Crippen molar-refractivity contribution in [3.05, 3.63) is 187 Å². The number of carboxylic acids is 1. The van der Waals surface area contributed by atoms with Crippen molar-refractivity contribution in [1.29, 1.82) is 0 Å². The van der Waals surface area contributed by atoms with E-state index in [9.17, 15) is 63.0 Å². The number of aromatic carboxylic acids is 1. The van der Waals surface area contributed by atoms with Gasteiger partial charge < -0.3 is 44.3 Å². The third kappa shape index (κ3) is 13.7. The summed E-state index contributed by atoms with van der Waals surface area (Å²) in [5.41, 5.74) is 5.52. The summed E-state index contributed by atoms with van der Waals surface area (Å²) < 4.78 is 11.3. The fourth-order valence-electron chi connectivity index (χ4n) is 11.2. The van der Waals surface area contributed by atoms with Gasteiger partial charge in [0.1, 0.15) is 28.2 Å². The zero-order valence-corrected chi connectivity index (χ0v) is 50.7. The van der Waals surface area contributed by atoms with E-state index in [1.54, 1.807) is 47.8 Å². The van der Waals surface area contributed by atoms with Crippen molar-refractivity contribution in [1.82, 2.24) is 20.8 Å². The quantitative estimate of drug-likeness (QED) is 0.0375. The highest BCUT2D eigenvalue weighted by molar-refractivity contribution is 8.00. The van der Waals surface area contributed by atoms with Crippen LogP contribution in [0.2, 0.25) is 0 Å². The van der Waals surface area contributed by atoms with E-state index in [-0.39, 0.29) is 88.5 Å². The third-order valence-electron chi connectivity index (χ3n) is 16.2. The van der Waals surface area contributed by atoms with E-state index in [0.29, 0.717) is 67.5 Å². The highest BCUT2D eigenvalue weighted by atomic mass is 32.2. The molecule has 1 aliphatic carbocycles. The number of fused-ring (bicyclic) bond motifs is 3. The van der Waals surface area contributed by atoms with Crippen molar-refractivity contribution >= 4 is 105 Å². The molecule has 466 valence electrons. The number of carbonyl (C=O) groups excluding carboxylic acids is 8. The first-order chi connectivity index (χ1) is 43.8. The molecule has 12 rings (SSSR count). The zero-order valence-electron chi connectivity index (χ0n) is 49.1. The first-order valence-electron chi connectivity index (χ1n) is 29.4. The number of thioether (sulfide) groups is 2. The number of nitrogens with zero attached hydrogens (tertiary/aromatic N) is 3. The summed E-state index contributed by atoms with van der Waals surface area (Å²) in [5, 5.41) is 28.3. The molecule has 0 spiro atoms. The summed E-state index contributed by atoms with van der Waals surface area (Å²) in [5.74, 6) is -5.11. The number of rotatable bonds is 17. The fourth-order valence-corrected chi connectivity index (χ4v) is 14.1. The summed E-state index contributed by atoms with van der Waals surface area (Å²) in [7, 11) is 0. The Balaban J connectivity index is 0.000000191. The normalized spacial score (nSPS) is 18.0. The van der Waals surface area contributed by atoms with E-state index in [1.165, 1.54) is 36.4 Å². The van der Waals surface area contributed by atoms with Crippen LogP contribution in [0.5, 0.6) is 5.75 Å². The van der Waals surface area contributed by atoms with Gasteiger partial charge in [-0.25, -0.2) is 19.2 Å². The number of phenols is 1. The van der Waals surface area contributed by atoms with Crippen molar-refractivity contribution in [2.45, 2.75) is 76.0 Å². The number of hydrogen-bond donors (Lipinski definition) is 4. The van der Waals surface area contributed by atoms with Crippen LogP contribution in [-0.2, 0) is 51.5 Å². The van der Waals surface area contributed by atoms with Crippen LogP contribution in [0.4, 0.5) is 5.69 Å². The molecule has 4 fully saturated rings. The molecule has 91 heavy (non-hydrogen) atoms. The lowest BCUT2D eigenvalue weighted by Crippen LogP contribution is -2.34. The Labute approximate surface area is 527 Å². The molecule has 4 unspecified atom stereocenters. The molecule has 24 heteroatoms. The number of hydrogen-bond acceptors (Lipinski definition) is 19. The Morgan fingerprint density at radius 3 is 1.68 bits per heavy atom. The molecule has 4 saturated heterocycles. The number of aromatic hydroxyl groups is 1. The van der Waals surface area contributed by atoms with Crippen LogP contribution < -0.4 is 26.6 Å². The smallest absolute Gasteiger partial charge is 0.349 e. The molecule has 4 atom stereocenters. The van der Waals surface area contributed by atoms with Gasteiger partial charge in [0, 0.05) is 125 Å². The molecule has 6 amide bonds. The molecular weight excluding hydrogens is 1210 g/mol. The Kier molecular flexibility index (Phi) is 18.5. The standard InChI is InChI=1S/C37H28N2O10S.C30H31N3O7S/c40-23-6-9-26-29(15-23)48-30-16-24(41)7-10-27(30)34(26)25-8-5-21(13-28(25)36(45)46)35(44)38-17-19-1-3-20(4-2-19)31-14-22(18-50-31)37(47)49-39-32(42)11-12-33(39)43;1-3-32(4-2)22-10-9-20-13-23(30(38)39-24(20)15-22)28(36)31-16-18-5-7-19(8-6-18)25-14-21(17-41-25)29(37)40-33-26(34)11-12-27(33)35/h1-10,13,15-16,22,31,40H,11-12,14,17-18H2,(H,38,44)(H,45,46);5-10,13,15,21,25H,3-4,11-12,14,16-17H2,1-2H3,(H,31,36). The molecule has 22 nitrogen and oxygen atoms in total. The van der Waals surface area contributed by atoms with Crippen LogP contribution >= 0.6 is 23.5 Å². The van der Waals surface area contributed by atoms with Crippen molar-refractivity contribution in [2.24, 2.45) is 11.8 Å². The van der Waals surface area contributed by atoms with Crippen LogP contribution in [0.3, 0.4) is 0 Å². The highest BCUT2D eigenvalue weighted by Gasteiger charge is 2.40. The van der Waals surface area contributed by atoms with Gasteiger partial charge in [-0.2, -0.15) is 23.5 Å². The van der Waals surface area contributed by atoms with Gasteiger partial charge in [-0.1, -0.05) is 54.6 Å². The molecule has 5 aromatic carbocycles. The van der Waals surface area contributed by atoms with Crippen LogP contribution in [0.15, 0.2) is 146 Å². The van der Waals surface area contributed by atoms with Crippen molar-refractivity contribution < 1.29 is 71.9 Å². The summed E-state index contributed by atoms with van der Waals surface area (Å²) in [6.07, 6.45) is 1.23. The van der Waals surface area contributed by atoms with E-state index in [2.05, 4.69) is 29.4 Å². The second-order valence-electron chi connectivity index (χ2n) is 22.1. The van der Waals surface area contributed by atoms with Crippen LogP contribution in [0.1, 0.15) is 116 Å². The Morgan fingerprint density at radius 2 is 1.13 bits per heavy atom. The van der Waals surface area contributed by atoms with Gasteiger partial charge in [-0.3, -0.25) is 33.6 Å². The summed E-state index contributed by atoms with van der Waals surface area (Å²) in [4.78, 5) is 148. The van der Waals surface area contributed by atoms with E-state index in [4.69, 9.17) is 18.5 Å². The van der Waals surface area contributed by atoms with Gasteiger partial charge in [0.15, 0.2) is 5.43 Å². The van der Waals surface area contributed by atoms with Gasteiger partial charge in [0.25, 0.3) is 35.4 Å². The van der Waals surface area contributed by atoms with Gasteiger partial charge >= 0.3 is 23.5 Å². The lowest BCUT2D eigenvalue weighted by atomic mass is 9.90. The van der Waals surface area contributed by atoms with Gasteiger partial charge in [0.2, 0.25) is 0 Å². The topological polar surface area (TPSA) is 307 Å². The van der Waals surface area contributed by atoms with E-state index in [0.717, 1.165) is 41.0 Å². The second kappa shape index (κ2) is 27.0. The maximum Gasteiger partial charge on any atom is 0.349 e. The Bertz CT molecular complexity index is 4300. The minimum atomic E-state index is -1.26. The minimum absolute atomic E-state index is 0.00898. The molecule has 0 radical (unpaired) electrons. The maximum atomic E-state index is 13.2. The minimum Gasteiger partial charge on any atom is -0.508 e. The summed E-state index contributed by atoms with van der Waals surface area (Å²) >= 11 is 3.19. The van der Waals surface area contributed by atoms with E-state index >= 15 is 0 Å². The van der Waals surface area contributed by atoms with Gasteiger partial charge in [-0.05, 0) is 109 Å². The molecule has 6 heterocycles. The number of anilines is 1. The molecule has 4 N–H and O–H groups in total. The van der Waals surface area contributed by atoms with E-state index < -0.39 is 70.8 Å². The number of phenolic OH excluding ortho intramolecular Hbond substituents is 1. The first-order valence-corrected chi connectivity index (χ1v) is 31.4. The number of nitrogens with one attached hydrogen (secondary N) is 2. The number of carboxylic acid groups (broad SMARTS) is 1. The molecule has 6 aliphatic rings. The van der Waals surface area contributed by atoms with Crippen LogP contribution in [0, 0.1) is 11.8 Å². The predicted molar refractivity (Wildman–Crippen MR) is 335 cm³/mol. The monoisotopic (exact) mass is 1270 g/mol. The van der Waals surface area contributed by atoms with Crippen molar-refractivity contribution in [2.75, 3.05) is 29.5 Å². The Hall–Kier alpha value is -10.1. The van der Waals surface area contributed by atoms with Gasteiger partial charge in [0.05, 0.1) is 17.4 Å². The predicted octanol–water partition coefficient (Wildman–Crippen LogP) is 9.27. The lowest BCUT2D eigenvalue weighted by Gasteiger charge is -2.21. The molecule has 5 aliphatic heterocycles. The van der Waals surface area contributed by atoms with Crippen molar-refractivity contribution in [3.63, 3.8) is 0 Å². The SMILES string of the molecule is CCN(CC)c1ccc2cc(C(=O)NCc3ccc(C4CC(C(=O)ON5C(=O)CCC5=O)CS4)cc3)c(=O)oc2c1.O=C(NCc1ccc(C2CC(C(=O)ON3C(=O)CCC3=O)CS2)cc1)c1ccc(-c2c3ccc(=O)cc-3oc3cc(O)ccc23)c(C(=O)O)c1. The molecule has 0 saturated carbocycles. The molecule has 1 aromatic heterocycles. The Morgan fingerprint density at radius 1 is 0.582 bits per heavy atom. The average molecular weight is 1270 g/mol. The molecule has 6 aromatic rings. The molecule has 0 bridgehead atoms. The zero-order chi connectivity index (χ0) is 64.2. The maximum absolute atomic E-state index is 13.2. The summed E-state index contributed by atoms with van der Waals surface area (Å²) in [6.45, 7) is 6.16. The molecular formula is C67H59N5O17S2. The van der Waals surface area contributed by atoms with Crippen molar-refractivity contribution in [3.8, 4) is 28.2 Å². The number of imide groups is 2. The number of amides is 6. The number of benzene rings is 6. The number of hydroxylamine groups is 4. The van der Waals surface area contributed by atoms with Gasteiger partial charge in [-0.15, -0.1) is 10.1 Å². The fraction of sp³-hybridized carbons (Fsp3) is 0.269. The van der Waals surface area contributed by atoms with E-state index in [1.807, 2.05) is 66.7 Å². The van der Waals surface area contributed by atoms with Crippen LogP contribution in [0.25, 0.3) is 44.4 Å². The second-order valence-corrected chi connectivity index (χ2v) is 24.5. The van der Waals surface area contributed by atoms with Crippen LogP contribution in [-0.4, -0.2) is 98.3 Å².